The zero-order chi connectivity index (χ0) is 16.4. The second kappa shape index (κ2) is 6.84. The number of hydrogen-bond acceptors (Lipinski definition) is 4. The third-order valence-corrected chi connectivity index (χ3v) is 6.26. The Hall–Kier alpha value is -1.66. The summed E-state index contributed by atoms with van der Waals surface area (Å²) >= 11 is 3.26. The predicted molar refractivity (Wildman–Crippen MR) is 91.9 cm³/mol. The average Bonchev–Trinajstić information content (AvgIpc) is 3.16. The summed E-state index contributed by atoms with van der Waals surface area (Å²) in [5.41, 5.74) is 0. The highest BCUT2D eigenvalue weighted by Gasteiger charge is 2.41. The fourth-order valence-corrected chi connectivity index (χ4v) is 4.88. The van der Waals surface area contributed by atoms with Crippen LogP contribution in [0.15, 0.2) is 29.6 Å². The number of thiophene rings is 2. The van der Waals surface area contributed by atoms with Gasteiger partial charge < -0.3 is 10.0 Å². The van der Waals surface area contributed by atoms with Gasteiger partial charge in [-0.05, 0) is 43.3 Å². The van der Waals surface area contributed by atoms with E-state index in [9.17, 15) is 14.7 Å². The number of carboxylic acids is 1. The lowest BCUT2D eigenvalue weighted by atomic mass is 9.87. The Balaban J connectivity index is 1.87. The second-order valence-electron chi connectivity index (χ2n) is 5.79. The summed E-state index contributed by atoms with van der Waals surface area (Å²) in [5, 5.41) is 11.6. The van der Waals surface area contributed by atoms with E-state index in [1.807, 2.05) is 30.5 Å². The van der Waals surface area contributed by atoms with Crippen LogP contribution < -0.4 is 0 Å². The Morgan fingerprint density at radius 3 is 2.83 bits per heavy atom. The molecule has 0 unspecified atom stereocenters. The zero-order valence-corrected chi connectivity index (χ0v) is 14.5. The molecule has 122 valence electrons. The molecule has 2 aromatic heterocycles. The highest BCUT2D eigenvalue weighted by Crippen LogP contribution is 2.39. The lowest BCUT2D eigenvalue weighted by molar-refractivity contribution is -0.151. The summed E-state index contributed by atoms with van der Waals surface area (Å²) < 4.78 is 0. The molecule has 0 spiro atoms. The van der Waals surface area contributed by atoms with Crippen LogP contribution in [-0.2, 0) is 16.0 Å². The molecule has 0 saturated carbocycles. The number of nitrogens with zero attached hydrogens (tertiary/aromatic N) is 1. The van der Waals surface area contributed by atoms with Crippen LogP contribution in [0.3, 0.4) is 0 Å². The van der Waals surface area contributed by atoms with Gasteiger partial charge in [-0.15, -0.1) is 22.7 Å². The van der Waals surface area contributed by atoms with E-state index in [4.69, 9.17) is 0 Å². The first kappa shape index (κ1) is 16.2. The fraction of sp³-hybridized carbons (Fsp3) is 0.412. The molecule has 0 aromatic carbocycles. The number of carboxylic acid groups (broad SMARTS) is 1. The maximum Gasteiger partial charge on any atom is 0.308 e. The summed E-state index contributed by atoms with van der Waals surface area (Å²) in [6, 6.07) is 7.68. The molecule has 1 aliphatic rings. The van der Waals surface area contributed by atoms with Crippen molar-refractivity contribution in [3.63, 3.8) is 0 Å². The molecule has 0 radical (unpaired) electrons. The molecule has 1 amide bonds. The van der Waals surface area contributed by atoms with Gasteiger partial charge in [-0.25, -0.2) is 0 Å². The van der Waals surface area contributed by atoms with Crippen molar-refractivity contribution < 1.29 is 14.7 Å². The number of aryl methyl sites for hydroxylation is 1. The molecule has 1 aliphatic heterocycles. The van der Waals surface area contributed by atoms with Crippen LogP contribution in [-0.4, -0.2) is 28.4 Å². The number of hydrogen-bond donors (Lipinski definition) is 1. The minimum atomic E-state index is -0.810. The van der Waals surface area contributed by atoms with Crippen molar-refractivity contribution in [2.75, 3.05) is 6.54 Å². The smallest absolute Gasteiger partial charge is 0.308 e. The number of likely N-dealkylation sites (tertiary alicyclic amines) is 1. The number of amides is 1. The minimum Gasteiger partial charge on any atom is -0.481 e. The van der Waals surface area contributed by atoms with Crippen LogP contribution in [0.4, 0.5) is 0 Å². The molecule has 3 rings (SSSR count). The highest BCUT2D eigenvalue weighted by atomic mass is 32.1. The monoisotopic (exact) mass is 349 g/mol. The van der Waals surface area contributed by atoms with Crippen LogP contribution in [0.2, 0.25) is 0 Å². The SMILES string of the molecule is Cc1ccc([C@@H]2[C@@H](C(=O)O)CCC(=O)N2CCc2cccs2)s1. The van der Waals surface area contributed by atoms with E-state index in [-0.39, 0.29) is 11.9 Å². The number of piperidine rings is 1. The third kappa shape index (κ3) is 3.48. The van der Waals surface area contributed by atoms with Gasteiger partial charge in [-0.1, -0.05) is 6.07 Å². The van der Waals surface area contributed by atoms with E-state index in [1.54, 1.807) is 27.6 Å². The van der Waals surface area contributed by atoms with Gasteiger partial charge in [-0.3, -0.25) is 9.59 Å². The van der Waals surface area contributed by atoms with Crippen molar-refractivity contribution in [3.8, 4) is 0 Å². The van der Waals surface area contributed by atoms with Gasteiger partial charge in [0.1, 0.15) is 0 Å². The quantitative estimate of drug-likeness (QED) is 0.895. The first-order valence-electron chi connectivity index (χ1n) is 7.67. The fourth-order valence-electron chi connectivity index (χ4n) is 3.12. The standard InChI is InChI=1S/C17H19NO3S2/c1-11-4-6-14(23-11)16-13(17(20)21)5-7-15(19)18(16)9-8-12-3-2-10-22-12/h2-4,6,10,13,16H,5,7-9H2,1H3,(H,20,21)/t13-,16-/m0/s1. The Morgan fingerprint density at radius 1 is 1.39 bits per heavy atom. The van der Waals surface area contributed by atoms with E-state index in [0.29, 0.717) is 19.4 Å². The van der Waals surface area contributed by atoms with Crippen LogP contribution in [0.1, 0.15) is 33.5 Å². The van der Waals surface area contributed by atoms with Crippen molar-refractivity contribution in [3.05, 3.63) is 44.3 Å². The maximum atomic E-state index is 12.5. The minimum absolute atomic E-state index is 0.0649. The first-order chi connectivity index (χ1) is 11.1. The van der Waals surface area contributed by atoms with Crippen molar-refractivity contribution in [2.24, 2.45) is 5.92 Å². The largest absolute Gasteiger partial charge is 0.481 e. The summed E-state index contributed by atoms with van der Waals surface area (Å²) in [6.07, 6.45) is 1.52. The molecule has 0 aliphatic carbocycles. The van der Waals surface area contributed by atoms with E-state index < -0.39 is 11.9 Å². The zero-order valence-electron chi connectivity index (χ0n) is 12.9. The van der Waals surface area contributed by atoms with Gasteiger partial charge in [0.2, 0.25) is 5.91 Å². The van der Waals surface area contributed by atoms with E-state index in [0.717, 1.165) is 16.2 Å². The van der Waals surface area contributed by atoms with E-state index in [2.05, 4.69) is 6.07 Å². The second-order valence-corrected chi connectivity index (χ2v) is 8.14. The molecule has 2 atom stereocenters. The molecule has 1 fully saturated rings. The molecule has 1 N–H and O–H groups in total. The predicted octanol–water partition coefficient (Wildman–Crippen LogP) is 3.73. The lowest BCUT2D eigenvalue weighted by Crippen LogP contribution is -2.45. The molecule has 4 nitrogen and oxygen atoms in total. The topological polar surface area (TPSA) is 57.6 Å². The molecule has 23 heavy (non-hydrogen) atoms. The molecular formula is C17H19NO3S2. The number of carbonyl (C=O) groups is 2. The summed E-state index contributed by atoms with van der Waals surface area (Å²) in [5.74, 6) is -1.26. The summed E-state index contributed by atoms with van der Waals surface area (Å²) in [4.78, 5) is 29.3. The summed E-state index contributed by atoms with van der Waals surface area (Å²) in [7, 11) is 0. The Labute approximate surface area is 143 Å². The van der Waals surface area contributed by atoms with Crippen molar-refractivity contribution in [1.29, 1.82) is 0 Å². The van der Waals surface area contributed by atoms with Crippen molar-refractivity contribution >= 4 is 34.6 Å². The van der Waals surface area contributed by atoms with Crippen LogP contribution in [0.5, 0.6) is 0 Å². The molecule has 6 heteroatoms. The molecule has 2 aromatic rings. The maximum absolute atomic E-state index is 12.5. The summed E-state index contributed by atoms with van der Waals surface area (Å²) in [6.45, 7) is 2.58. The molecule has 0 bridgehead atoms. The van der Waals surface area contributed by atoms with Gasteiger partial charge in [0.15, 0.2) is 0 Å². The van der Waals surface area contributed by atoms with Gasteiger partial charge in [0.05, 0.1) is 12.0 Å². The van der Waals surface area contributed by atoms with Gasteiger partial charge in [0, 0.05) is 27.6 Å². The number of carbonyl (C=O) groups excluding carboxylic acids is 1. The Kier molecular flexibility index (Phi) is 4.82. The van der Waals surface area contributed by atoms with E-state index in [1.165, 1.54) is 4.88 Å². The van der Waals surface area contributed by atoms with Gasteiger partial charge in [-0.2, -0.15) is 0 Å². The number of aliphatic carboxylic acids is 1. The Morgan fingerprint density at radius 2 is 2.22 bits per heavy atom. The van der Waals surface area contributed by atoms with Gasteiger partial charge >= 0.3 is 5.97 Å². The Bertz CT molecular complexity index is 693. The average molecular weight is 349 g/mol. The molecule has 3 heterocycles. The highest BCUT2D eigenvalue weighted by molar-refractivity contribution is 7.12. The number of rotatable bonds is 5. The van der Waals surface area contributed by atoms with Crippen LogP contribution in [0, 0.1) is 12.8 Å². The molecular weight excluding hydrogens is 330 g/mol. The van der Waals surface area contributed by atoms with Crippen molar-refractivity contribution in [1.82, 2.24) is 4.90 Å². The van der Waals surface area contributed by atoms with Gasteiger partial charge in [0.25, 0.3) is 0 Å². The van der Waals surface area contributed by atoms with E-state index >= 15 is 0 Å². The third-order valence-electron chi connectivity index (χ3n) is 4.26. The normalized spacial score (nSPS) is 21.6. The first-order valence-corrected chi connectivity index (χ1v) is 9.37. The molecule has 1 saturated heterocycles. The lowest BCUT2D eigenvalue weighted by Gasteiger charge is -2.39. The van der Waals surface area contributed by atoms with Crippen LogP contribution in [0.25, 0.3) is 0 Å². The van der Waals surface area contributed by atoms with Crippen LogP contribution >= 0.6 is 22.7 Å². The van der Waals surface area contributed by atoms with Crippen molar-refractivity contribution in [2.45, 2.75) is 32.2 Å².